The van der Waals surface area contributed by atoms with Crippen molar-refractivity contribution in [2.45, 2.75) is 60.7 Å². The van der Waals surface area contributed by atoms with Crippen LogP contribution in [0.2, 0.25) is 0 Å². The third kappa shape index (κ3) is 9.99. The summed E-state index contributed by atoms with van der Waals surface area (Å²) in [6.45, 7) is 1.79. The fraction of sp³-hybridized carbons (Fsp3) is 0.220. The van der Waals surface area contributed by atoms with Crippen molar-refractivity contribution < 1.29 is 37.7 Å². The maximum absolute atomic E-state index is 13.7. The van der Waals surface area contributed by atoms with Crippen LogP contribution in [0.3, 0.4) is 0 Å². The van der Waals surface area contributed by atoms with Crippen molar-refractivity contribution in [1.29, 1.82) is 0 Å². The monoisotopic (exact) mass is 752 g/mol. The lowest BCUT2D eigenvalue weighted by Crippen LogP contribution is -2.45. The van der Waals surface area contributed by atoms with E-state index in [9.17, 15) is 28.2 Å². The number of anilines is 1. The van der Waals surface area contributed by atoms with Crippen molar-refractivity contribution in [3.8, 4) is 0 Å². The molecule has 1 heterocycles. The molecule has 0 aromatic heterocycles. The largest absolute Gasteiger partial charge is 0.478 e. The van der Waals surface area contributed by atoms with Crippen molar-refractivity contribution in [1.82, 2.24) is 4.72 Å². The molecule has 0 spiro atoms. The van der Waals surface area contributed by atoms with Gasteiger partial charge in [-0.05, 0) is 66.4 Å². The number of hydrogen-bond donors (Lipinski definition) is 4. The average Bonchev–Trinajstić information content (AvgIpc) is 3.17. The van der Waals surface area contributed by atoms with E-state index in [0.717, 1.165) is 22.3 Å². The second-order valence-electron chi connectivity index (χ2n) is 12.8. The van der Waals surface area contributed by atoms with Gasteiger partial charge in [0, 0.05) is 28.3 Å². The first-order valence-corrected chi connectivity index (χ1v) is 19.5. The van der Waals surface area contributed by atoms with E-state index in [1.165, 1.54) is 23.9 Å². The number of aliphatic hydroxyl groups excluding tert-OH is 1. The molecule has 4 N–H and O–H groups in total. The highest BCUT2D eigenvalue weighted by Gasteiger charge is 2.33. The standard InChI is InChI=1S/C41H40N2O8S2/c1-27-11-21-34(22-12-27)53(48,49)43-36(23-28-7-3-2-4-8-28)39(45)42-32-19-17-31(18-20-32)41-50-33(26-52-38-10-6-5-9-35(38)40(46)47)24-37(51-41)30-15-13-29(25-44)14-16-30/h2-22,33,36-37,41,43-44H,23-26H2,1H3,(H,42,45)(H,46,47). The SMILES string of the molecule is Cc1ccc(S(=O)(=O)NC(Cc2ccccc2)C(=O)Nc2ccc(C3OC(CSc4ccccc4C(=O)O)CC(c4ccc(CO)cc4)O3)cc2)cc1. The van der Waals surface area contributed by atoms with Crippen molar-refractivity contribution in [2.24, 2.45) is 0 Å². The Balaban J connectivity index is 1.19. The zero-order valence-corrected chi connectivity index (χ0v) is 30.6. The quantitative estimate of drug-likeness (QED) is 0.0875. The van der Waals surface area contributed by atoms with Gasteiger partial charge in [-0.1, -0.05) is 96.6 Å². The maximum Gasteiger partial charge on any atom is 0.336 e. The number of amides is 1. The van der Waals surface area contributed by atoms with E-state index < -0.39 is 34.2 Å². The fourth-order valence-corrected chi connectivity index (χ4v) is 8.20. The molecule has 1 aliphatic heterocycles. The van der Waals surface area contributed by atoms with E-state index in [1.807, 2.05) is 61.5 Å². The molecule has 1 amide bonds. The highest BCUT2D eigenvalue weighted by atomic mass is 32.2. The molecular weight excluding hydrogens is 713 g/mol. The number of carboxylic acids is 1. The van der Waals surface area contributed by atoms with Gasteiger partial charge in [-0.15, -0.1) is 11.8 Å². The molecule has 1 saturated heterocycles. The van der Waals surface area contributed by atoms with Gasteiger partial charge in [-0.2, -0.15) is 4.72 Å². The van der Waals surface area contributed by atoms with Crippen LogP contribution in [-0.2, 0) is 37.3 Å². The van der Waals surface area contributed by atoms with Crippen LogP contribution < -0.4 is 10.0 Å². The number of aliphatic hydroxyl groups is 1. The summed E-state index contributed by atoms with van der Waals surface area (Å²) in [6, 6.07) is 35.9. The van der Waals surface area contributed by atoms with Gasteiger partial charge in [0.2, 0.25) is 15.9 Å². The molecule has 5 aromatic carbocycles. The molecule has 53 heavy (non-hydrogen) atoms. The number of rotatable bonds is 14. The van der Waals surface area contributed by atoms with Gasteiger partial charge in [0.25, 0.3) is 0 Å². The normalized spacial score (nSPS) is 17.9. The molecule has 5 aromatic rings. The molecular formula is C41H40N2O8S2. The summed E-state index contributed by atoms with van der Waals surface area (Å²) in [6.07, 6.45) is -0.767. The van der Waals surface area contributed by atoms with E-state index in [1.54, 1.807) is 60.7 Å². The number of sulfonamides is 1. The summed E-state index contributed by atoms with van der Waals surface area (Å²) in [7, 11) is -4.01. The molecule has 1 fully saturated rings. The zero-order chi connectivity index (χ0) is 37.4. The Morgan fingerprint density at radius 1 is 0.811 bits per heavy atom. The molecule has 12 heteroatoms. The number of benzene rings is 5. The Morgan fingerprint density at radius 2 is 1.47 bits per heavy atom. The Labute approximate surface area is 313 Å². The van der Waals surface area contributed by atoms with Crippen LogP contribution in [0.4, 0.5) is 5.69 Å². The molecule has 0 bridgehead atoms. The topological polar surface area (TPSA) is 151 Å². The summed E-state index contributed by atoms with van der Waals surface area (Å²) in [5, 5.41) is 22.1. The smallest absolute Gasteiger partial charge is 0.336 e. The van der Waals surface area contributed by atoms with Crippen LogP contribution in [0.15, 0.2) is 137 Å². The summed E-state index contributed by atoms with van der Waals surface area (Å²) in [5.41, 5.74) is 4.78. The second-order valence-corrected chi connectivity index (χ2v) is 15.5. The number of hydrogen-bond acceptors (Lipinski definition) is 8. The molecule has 0 aliphatic carbocycles. The molecule has 4 unspecified atom stereocenters. The number of aromatic carboxylic acids is 1. The average molecular weight is 753 g/mol. The fourth-order valence-electron chi connectivity index (χ4n) is 5.94. The predicted molar refractivity (Wildman–Crippen MR) is 203 cm³/mol. The van der Waals surface area contributed by atoms with Crippen LogP contribution >= 0.6 is 11.8 Å². The minimum Gasteiger partial charge on any atom is -0.478 e. The van der Waals surface area contributed by atoms with Crippen molar-refractivity contribution >= 4 is 39.3 Å². The number of carboxylic acid groups (broad SMARTS) is 1. The van der Waals surface area contributed by atoms with Gasteiger partial charge in [-0.25, -0.2) is 13.2 Å². The summed E-state index contributed by atoms with van der Waals surface area (Å²) in [4.78, 5) is 26.2. The second kappa shape index (κ2) is 17.3. The minimum atomic E-state index is -4.01. The van der Waals surface area contributed by atoms with E-state index in [0.29, 0.717) is 28.3 Å². The van der Waals surface area contributed by atoms with Crippen molar-refractivity contribution in [2.75, 3.05) is 11.1 Å². The van der Waals surface area contributed by atoms with Gasteiger partial charge in [-0.3, -0.25) is 4.79 Å². The highest BCUT2D eigenvalue weighted by molar-refractivity contribution is 7.99. The van der Waals surface area contributed by atoms with Crippen LogP contribution in [0.5, 0.6) is 0 Å². The first-order valence-electron chi connectivity index (χ1n) is 17.1. The van der Waals surface area contributed by atoms with Gasteiger partial charge in [0.1, 0.15) is 6.04 Å². The first-order chi connectivity index (χ1) is 25.6. The van der Waals surface area contributed by atoms with Gasteiger partial charge >= 0.3 is 5.97 Å². The number of ether oxygens (including phenoxy) is 2. The Morgan fingerprint density at radius 3 is 2.15 bits per heavy atom. The van der Waals surface area contributed by atoms with Gasteiger partial charge in [0.15, 0.2) is 6.29 Å². The lowest BCUT2D eigenvalue weighted by Gasteiger charge is -2.36. The number of nitrogens with one attached hydrogen (secondary N) is 2. The van der Waals surface area contributed by atoms with Crippen LogP contribution in [-0.4, -0.2) is 48.4 Å². The van der Waals surface area contributed by atoms with Crippen LogP contribution in [0.25, 0.3) is 0 Å². The van der Waals surface area contributed by atoms with Crippen molar-refractivity contribution in [3.05, 3.63) is 161 Å². The Bertz CT molecular complexity index is 2110. The third-order valence-electron chi connectivity index (χ3n) is 8.84. The number of carbonyl (C=O) groups is 2. The van der Waals surface area contributed by atoms with E-state index in [4.69, 9.17) is 9.47 Å². The molecule has 1 aliphatic rings. The molecule has 274 valence electrons. The molecule has 6 rings (SSSR count). The summed E-state index contributed by atoms with van der Waals surface area (Å²) < 4.78 is 42.1. The Hall–Kier alpha value is -4.82. The lowest BCUT2D eigenvalue weighted by atomic mass is 10.0. The molecule has 0 saturated carbocycles. The molecule has 10 nitrogen and oxygen atoms in total. The number of aryl methyl sites for hydroxylation is 1. The lowest BCUT2D eigenvalue weighted by molar-refractivity contribution is -0.245. The van der Waals surface area contributed by atoms with Gasteiger partial charge in [0.05, 0.1) is 29.3 Å². The zero-order valence-electron chi connectivity index (χ0n) is 28.9. The minimum absolute atomic E-state index is 0.0660. The van der Waals surface area contributed by atoms with E-state index in [-0.39, 0.29) is 35.7 Å². The van der Waals surface area contributed by atoms with Gasteiger partial charge < -0.3 is 25.0 Å². The molecule has 4 atom stereocenters. The van der Waals surface area contributed by atoms with E-state index >= 15 is 0 Å². The molecule has 0 radical (unpaired) electrons. The number of thioether (sulfide) groups is 1. The summed E-state index contributed by atoms with van der Waals surface area (Å²) >= 11 is 1.41. The summed E-state index contributed by atoms with van der Waals surface area (Å²) in [5.74, 6) is -1.04. The highest BCUT2D eigenvalue weighted by Crippen LogP contribution is 2.40. The predicted octanol–water partition coefficient (Wildman–Crippen LogP) is 7.05. The number of carbonyl (C=O) groups excluding carboxylic acids is 1. The van der Waals surface area contributed by atoms with E-state index in [2.05, 4.69) is 10.0 Å². The third-order valence-corrected chi connectivity index (χ3v) is 11.5. The first kappa shape index (κ1) is 37.9. The maximum atomic E-state index is 13.7. The Kier molecular flexibility index (Phi) is 12.4. The van der Waals surface area contributed by atoms with Crippen LogP contribution in [0, 0.1) is 6.92 Å². The van der Waals surface area contributed by atoms with Crippen LogP contribution in [0.1, 0.15) is 57.0 Å². The van der Waals surface area contributed by atoms with Crippen molar-refractivity contribution in [3.63, 3.8) is 0 Å².